The van der Waals surface area contributed by atoms with Crippen LogP contribution in [0.4, 0.5) is 10.1 Å². The molecule has 1 nitrogen and oxygen atoms in total. The van der Waals surface area contributed by atoms with Crippen molar-refractivity contribution in [2.45, 2.75) is 26.2 Å². The Bertz CT molecular complexity index is 336. The SMILES string of the molecule is Cc1cc(F)c(N2CCCCC2)c(Br)c1. The van der Waals surface area contributed by atoms with Gasteiger partial charge in [0.1, 0.15) is 5.82 Å². The van der Waals surface area contributed by atoms with Crippen LogP contribution in [0.15, 0.2) is 16.6 Å². The van der Waals surface area contributed by atoms with Crippen molar-refractivity contribution in [2.75, 3.05) is 18.0 Å². The van der Waals surface area contributed by atoms with Crippen LogP contribution in [0.3, 0.4) is 0 Å². The molecule has 1 aromatic rings. The predicted octanol–water partition coefficient (Wildman–Crippen LogP) is 3.89. The second kappa shape index (κ2) is 4.52. The fourth-order valence-corrected chi connectivity index (χ4v) is 2.91. The Labute approximate surface area is 98.4 Å². The first-order valence-electron chi connectivity index (χ1n) is 5.39. The molecule has 0 amide bonds. The highest BCUT2D eigenvalue weighted by atomic mass is 79.9. The lowest BCUT2D eigenvalue weighted by Crippen LogP contribution is -2.30. The minimum absolute atomic E-state index is 0.108. The van der Waals surface area contributed by atoms with Gasteiger partial charge in [0.25, 0.3) is 0 Å². The highest BCUT2D eigenvalue weighted by Crippen LogP contribution is 2.32. The Morgan fingerprint density at radius 2 is 1.87 bits per heavy atom. The molecular formula is C12H15BrFN. The second-order valence-corrected chi connectivity index (χ2v) is 4.98. The molecule has 0 aliphatic carbocycles. The van der Waals surface area contributed by atoms with Crippen LogP contribution in [-0.2, 0) is 0 Å². The van der Waals surface area contributed by atoms with Crippen molar-refractivity contribution in [3.8, 4) is 0 Å². The van der Waals surface area contributed by atoms with Gasteiger partial charge in [-0.25, -0.2) is 4.39 Å². The number of piperidine rings is 1. The van der Waals surface area contributed by atoms with E-state index in [1.54, 1.807) is 6.07 Å². The van der Waals surface area contributed by atoms with Crippen LogP contribution >= 0.6 is 15.9 Å². The second-order valence-electron chi connectivity index (χ2n) is 4.12. The van der Waals surface area contributed by atoms with E-state index in [9.17, 15) is 4.39 Å². The van der Waals surface area contributed by atoms with Gasteiger partial charge in [0, 0.05) is 17.6 Å². The topological polar surface area (TPSA) is 3.24 Å². The largest absolute Gasteiger partial charge is 0.368 e. The minimum Gasteiger partial charge on any atom is -0.368 e. The molecule has 1 fully saturated rings. The summed E-state index contributed by atoms with van der Waals surface area (Å²) >= 11 is 3.45. The molecule has 0 saturated carbocycles. The molecule has 1 aromatic carbocycles. The summed E-state index contributed by atoms with van der Waals surface area (Å²) in [6, 6.07) is 3.59. The van der Waals surface area contributed by atoms with Gasteiger partial charge in [0.05, 0.1) is 5.69 Å². The lowest BCUT2D eigenvalue weighted by Gasteiger charge is -2.30. The van der Waals surface area contributed by atoms with E-state index in [1.807, 2.05) is 13.0 Å². The maximum atomic E-state index is 13.8. The molecule has 1 heterocycles. The third-order valence-corrected chi connectivity index (χ3v) is 3.44. The van der Waals surface area contributed by atoms with E-state index < -0.39 is 0 Å². The van der Waals surface area contributed by atoms with Crippen LogP contribution in [0.25, 0.3) is 0 Å². The Morgan fingerprint density at radius 1 is 1.20 bits per heavy atom. The Morgan fingerprint density at radius 3 is 2.47 bits per heavy atom. The molecule has 1 aliphatic heterocycles. The average molecular weight is 272 g/mol. The van der Waals surface area contributed by atoms with Gasteiger partial charge in [-0.1, -0.05) is 0 Å². The minimum atomic E-state index is -0.108. The maximum Gasteiger partial charge on any atom is 0.147 e. The Kier molecular flexibility index (Phi) is 3.29. The highest BCUT2D eigenvalue weighted by molar-refractivity contribution is 9.10. The quantitative estimate of drug-likeness (QED) is 0.749. The summed E-state index contributed by atoms with van der Waals surface area (Å²) < 4.78 is 14.7. The number of halogens is 2. The van der Waals surface area contributed by atoms with Crippen molar-refractivity contribution in [3.05, 3.63) is 28.0 Å². The van der Waals surface area contributed by atoms with Crippen molar-refractivity contribution < 1.29 is 4.39 Å². The molecular weight excluding hydrogens is 257 g/mol. The smallest absolute Gasteiger partial charge is 0.147 e. The molecule has 0 N–H and O–H groups in total. The van der Waals surface area contributed by atoms with Crippen molar-refractivity contribution in [3.63, 3.8) is 0 Å². The van der Waals surface area contributed by atoms with Gasteiger partial charge in [0.2, 0.25) is 0 Å². The molecule has 0 spiro atoms. The fraction of sp³-hybridized carbons (Fsp3) is 0.500. The normalized spacial score (nSPS) is 16.9. The number of hydrogen-bond acceptors (Lipinski definition) is 1. The average Bonchev–Trinajstić information content (AvgIpc) is 2.17. The third-order valence-electron chi connectivity index (χ3n) is 2.83. The Balaban J connectivity index is 2.33. The van der Waals surface area contributed by atoms with E-state index in [1.165, 1.54) is 19.3 Å². The van der Waals surface area contributed by atoms with Gasteiger partial charge in [-0.2, -0.15) is 0 Å². The van der Waals surface area contributed by atoms with E-state index in [2.05, 4.69) is 20.8 Å². The fourth-order valence-electron chi connectivity index (χ4n) is 2.11. The zero-order chi connectivity index (χ0) is 10.8. The molecule has 1 aliphatic rings. The monoisotopic (exact) mass is 271 g/mol. The van der Waals surface area contributed by atoms with Crippen LogP contribution in [0.5, 0.6) is 0 Å². The first-order valence-corrected chi connectivity index (χ1v) is 6.18. The molecule has 0 bridgehead atoms. The molecule has 0 atom stereocenters. The lowest BCUT2D eigenvalue weighted by atomic mass is 10.1. The molecule has 82 valence electrons. The van der Waals surface area contributed by atoms with Gasteiger partial charge in [-0.3, -0.25) is 0 Å². The van der Waals surface area contributed by atoms with Gasteiger partial charge in [-0.05, 0) is 59.8 Å². The summed E-state index contributed by atoms with van der Waals surface area (Å²) in [5.74, 6) is -0.108. The maximum absolute atomic E-state index is 13.8. The van der Waals surface area contributed by atoms with Crippen molar-refractivity contribution in [2.24, 2.45) is 0 Å². The van der Waals surface area contributed by atoms with Crippen LogP contribution in [-0.4, -0.2) is 13.1 Å². The highest BCUT2D eigenvalue weighted by Gasteiger charge is 2.17. The summed E-state index contributed by atoms with van der Waals surface area (Å²) in [5, 5.41) is 0. The number of hydrogen-bond donors (Lipinski definition) is 0. The molecule has 1 saturated heterocycles. The lowest BCUT2D eigenvalue weighted by molar-refractivity contribution is 0.555. The number of rotatable bonds is 1. The summed E-state index contributed by atoms with van der Waals surface area (Å²) in [6.45, 7) is 3.85. The van der Waals surface area contributed by atoms with Crippen LogP contribution in [0.2, 0.25) is 0 Å². The van der Waals surface area contributed by atoms with Crippen molar-refractivity contribution in [1.82, 2.24) is 0 Å². The molecule has 2 rings (SSSR count). The van der Waals surface area contributed by atoms with E-state index >= 15 is 0 Å². The van der Waals surface area contributed by atoms with Crippen molar-refractivity contribution >= 4 is 21.6 Å². The summed E-state index contributed by atoms with van der Waals surface area (Å²) in [6.07, 6.45) is 3.60. The van der Waals surface area contributed by atoms with Crippen LogP contribution in [0, 0.1) is 12.7 Å². The first-order chi connectivity index (χ1) is 7.18. The zero-order valence-corrected chi connectivity index (χ0v) is 10.5. The molecule has 0 aromatic heterocycles. The van der Waals surface area contributed by atoms with Crippen LogP contribution < -0.4 is 4.90 Å². The van der Waals surface area contributed by atoms with E-state index in [0.29, 0.717) is 0 Å². The number of benzene rings is 1. The van der Waals surface area contributed by atoms with Gasteiger partial charge in [0.15, 0.2) is 0 Å². The number of aryl methyl sites for hydroxylation is 1. The third kappa shape index (κ3) is 2.33. The molecule has 0 unspecified atom stereocenters. The zero-order valence-electron chi connectivity index (χ0n) is 8.89. The standard InChI is InChI=1S/C12H15BrFN/c1-9-7-10(13)12(11(14)8-9)15-5-3-2-4-6-15/h7-8H,2-6H2,1H3. The number of anilines is 1. The molecule has 15 heavy (non-hydrogen) atoms. The molecule has 3 heteroatoms. The number of nitrogens with zero attached hydrogens (tertiary/aromatic N) is 1. The van der Waals surface area contributed by atoms with E-state index in [4.69, 9.17) is 0 Å². The van der Waals surface area contributed by atoms with E-state index in [0.717, 1.165) is 28.8 Å². The Hall–Kier alpha value is -0.570. The van der Waals surface area contributed by atoms with Crippen molar-refractivity contribution in [1.29, 1.82) is 0 Å². The van der Waals surface area contributed by atoms with Crippen LogP contribution in [0.1, 0.15) is 24.8 Å². The first kappa shape index (κ1) is 10.9. The molecule has 0 radical (unpaired) electrons. The predicted molar refractivity (Wildman–Crippen MR) is 64.9 cm³/mol. The van der Waals surface area contributed by atoms with Gasteiger partial charge in [-0.15, -0.1) is 0 Å². The summed E-state index contributed by atoms with van der Waals surface area (Å²) in [5.41, 5.74) is 1.69. The van der Waals surface area contributed by atoms with E-state index in [-0.39, 0.29) is 5.82 Å². The van der Waals surface area contributed by atoms with Gasteiger partial charge >= 0.3 is 0 Å². The van der Waals surface area contributed by atoms with Gasteiger partial charge < -0.3 is 4.90 Å². The summed E-state index contributed by atoms with van der Waals surface area (Å²) in [4.78, 5) is 2.14. The summed E-state index contributed by atoms with van der Waals surface area (Å²) in [7, 11) is 0.